The molecule has 7 nitrogen and oxygen atoms in total. The Hall–Kier alpha value is -3.55. The number of furan rings is 1. The third-order valence-corrected chi connectivity index (χ3v) is 4.95. The first-order valence-corrected chi connectivity index (χ1v) is 10.1. The molecule has 2 aromatic heterocycles. The molecule has 0 bridgehead atoms. The summed E-state index contributed by atoms with van der Waals surface area (Å²) < 4.78 is 20.8. The first-order chi connectivity index (χ1) is 14.8. The van der Waals surface area contributed by atoms with Gasteiger partial charge in [-0.1, -0.05) is 6.07 Å². The third kappa shape index (κ3) is 5.97. The van der Waals surface area contributed by atoms with Gasteiger partial charge in [0.05, 0.1) is 19.4 Å². The zero-order valence-electron chi connectivity index (χ0n) is 17.9. The van der Waals surface area contributed by atoms with E-state index in [2.05, 4.69) is 5.32 Å². The Balaban J connectivity index is 1.74. The number of halogens is 1. The molecule has 0 unspecified atom stereocenters. The fourth-order valence-corrected chi connectivity index (χ4v) is 3.18. The molecule has 0 aliphatic rings. The lowest BCUT2D eigenvalue weighted by Gasteiger charge is -2.30. The van der Waals surface area contributed by atoms with Gasteiger partial charge >= 0.3 is 6.03 Å². The van der Waals surface area contributed by atoms with Gasteiger partial charge in [0, 0.05) is 30.7 Å². The van der Waals surface area contributed by atoms with Crippen molar-refractivity contribution >= 4 is 17.6 Å². The van der Waals surface area contributed by atoms with Crippen LogP contribution in [0.1, 0.15) is 25.3 Å². The quantitative estimate of drug-likeness (QED) is 0.586. The van der Waals surface area contributed by atoms with Gasteiger partial charge in [-0.2, -0.15) is 0 Å². The molecule has 1 aromatic carbocycles. The van der Waals surface area contributed by atoms with Crippen LogP contribution in [0.25, 0.3) is 0 Å². The molecule has 3 amide bonds. The number of nitrogens with one attached hydrogen (secondary N) is 1. The number of urea groups is 1. The molecule has 31 heavy (non-hydrogen) atoms. The average molecular weight is 426 g/mol. The van der Waals surface area contributed by atoms with E-state index in [0.29, 0.717) is 18.0 Å². The van der Waals surface area contributed by atoms with Crippen LogP contribution >= 0.6 is 0 Å². The molecular weight excluding hydrogens is 399 g/mol. The van der Waals surface area contributed by atoms with Crippen molar-refractivity contribution < 1.29 is 18.4 Å². The lowest BCUT2D eigenvalue weighted by Crippen LogP contribution is -2.47. The number of aryl methyl sites for hydroxylation is 1. The molecule has 0 aliphatic carbocycles. The summed E-state index contributed by atoms with van der Waals surface area (Å²) >= 11 is 0. The van der Waals surface area contributed by atoms with Gasteiger partial charge in [0.2, 0.25) is 5.91 Å². The summed E-state index contributed by atoms with van der Waals surface area (Å²) in [4.78, 5) is 29.1. The number of benzene rings is 1. The van der Waals surface area contributed by atoms with Crippen LogP contribution in [0.2, 0.25) is 0 Å². The van der Waals surface area contributed by atoms with Crippen molar-refractivity contribution in [3.63, 3.8) is 0 Å². The van der Waals surface area contributed by atoms with E-state index < -0.39 is 11.8 Å². The highest BCUT2D eigenvalue weighted by Crippen LogP contribution is 2.14. The fraction of sp³-hybridized carbons (Fsp3) is 0.304. The van der Waals surface area contributed by atoms with Crippen LogP contribution < -0.4 is 5.32 Å². The van der Waals surface area contributed by atoms with E-state index in [-0.39, 0.29) is 25.0 Å². The van der Waals surface area contributed by atoms with Gasteiger partial charge in [-0.25, -0.2) is 9.18 Å². The predicted molar refractivity (Wildman–Crippen MR) is 116 cm³/mol. The van der Waals surface area contributed by atoms with Gasteiger partial charge in [0.15, 0.2) is 0 Å². The molecule has 0 saturated carbocycles. The second-order valence-electron chi connectivity index (χ2n) is 7.60. The van der Waals surface area contributed by atoms with Gasteiger partial charge in [-0.3, -0.25) is 4.79 Å². The van der Waals surface area contributed by atoms with Crippen LogP contribution in [0.15, 0.2) is 65.4 Å². The minimum atomic E-state index is -0.467. The Morgan fingerprint density at radius 2 is 1.94 bits per heavy atom. The van der Waals surface area contributed by atoms with Crippen molar-refractivity contribution in [3.05, 3.63) is 78.3 Å². The lowest BCUT2D eigenvalue weighted by atomic mass is 10.2. The van der Waals surface area contributed by atoms with Crippen molar-refractivity contribution in [2.45, 2.75) is 33.0 Å². The maximum atomic E-state index is 13.4. The van der Waals surface area contributed by atoms with Gasteiger partial charge in [-0.05, 0) is 56.3 Å². The SMILES string of the molecule is CC(C)N(CC(=O)N(Cc1ccco1)Cc1cccn1C)C(=O)Nc1cccc(F)c1. The van der Waals surface area contributed by atoms with Crippen LogP contribution in [0.5, 0.6) is 0 Å². The third-order valence-electron chi connectivity index (χ3n) is 4.95. The molecule has 3 rings (SSSR count). The maximum absolute atomic E-state index is 13.4. The number of rotatable bonds is 8. The fourth-order valence-electron chi connectivity index (χ4n) is 3.18. The first-order valence-electron chi connectivity index (χ1n) is 10.1. The van der Waals surface area contributed by atoms with Crippen molar-refractivity contribution in [1.29, 1.82) is 0 Å². The highest BCUT2D eigenvalue weighted by molar-refractivity contribution is 5.92. The summed E-state index contributed by atoms with van der Waals surface area (Å²) in [6, 6.07) is 12.4. The van der Waals surface area contributed by atoms with Crippen molar-refractivity contribution in [3.8, 4) is 0 Å². The topological polar surface area (TPSA) is 70.7 Å². The number of anilines is 1. The number of carbonyl (C=O) groups is 2. The normalized spacial score (nSPS) is 10.9. The van der Waals surface area contributed by atoms with E-state index in [0.717, 1.165) is 5.69 Å². The molecule has 0 spiro atoms. The molecule has 0 radical (unpaired) electrons. The number of amides is 3. The summed E-state index contributed by atoms with van der Waals surface area (Å²) in [7, 11) is 1.91. The van der Waals surface area contributed by atoms with E-state index in [1.165, 1.54) is 23.1 Å². The van der Waals surface area contributed by atoms with Gasteiger partial charge < -0.3 is 24.1 Å². The number of hydrogen-bond acceptors (Lipinski definition) is 3. The Morgan fingerprint density at radius 1 is 1.13 bits per heavy atom. The number of carbonyl (C=O) groups excluding carboxylic acids is 2. The Bertz CT molecular complexity index is 1010. The maximum Gasteiger partial charge on any atom is 0.322 e. The van der Waals surface area contributed by atoms with E-state index in [1.54, 1.807) is 23.3 Å². The molecule has 0 atom stereocenters. The Kier molecular flexibility index (Phi) is 7.12. The number of nitrogens with zero attached hydrogens (tertiary/aromatic N) is 3. The minimum absolute atomic E-state index is 0.121. The van der Waals surface area contributed by atoms with Crippen LogP contribution in [-0.2, 0) is 24.9 Å². The summed E-state index contributed by atoms with van der Waals surface area (Å²) in [5.74, 6) is -0.0132. The summed E-state index contributed by atoms with van der Waals surface area (Å²) in [6.45, 7) is 4.19. The molecule has 0 fully saturated rings. The second-order valence-corrected chi connectivity index (χ2v) is 7.60. The highest BCUT2D eigenvalue weighted by atomic mass is 19.1. The summed E-state index contributed by atoms with van der Waals surface area (Å²) in [5.41, 5.74) is 1.29. The summed E-state index contributed by atoms with van der Waals surface area (Å²) in [6.07, 6.45) is 3.48. The van der Waals surface area contributed by atoms with E-state index in [9.17, 15) is 14.0 Å². The molecule has 164 valence electrons. The second kappa shape index (κ2) is 9.97. The van der Waals surface area contributed by atoms with Crippen LogP contribution in [0.3, 0.4) is 0 Å². The zero-order chi connectivity index (χ0) is 22.4. The largest absolute Gasteiger partial charge is 0.467 e. The van der Waals surface area contributed by atoms with E-state index >= 15 is 0 Å². The lowest BCUT2D eigenvalue weighted by molar-refractivity contribution is -0.133. The molecule has 0 saturated heterocycles. The highest BCUT2D eigenvalue weighted by Gasteiger charge is 2.25. The molecule has 2 heterocycles. The Morgan fingerprint density at radius 3 is 2.55 bits per heavy atom. The standard InChI is InChI=1S/C23H27FN4O3/c1-17(2)28(23(30)25-19-8-4-7-18(24)13-19)16-22(29)27(15-21-10-6-12-31-21)14-20-9-5-11-26(20)3/h4-13,17H,14-16H2,1-3H3,(H,25,30). The predicted octanol–water partition coefficient (Wildman–Crippen LogP) is 4.23. The van der Waals surface area contributed by atoms with Crippen molar-refractivity contribution in [2.24, 2.45) is 7.05 Å². The number of hydrogen-bond donors (Lipinski definition) is 1. The minimum Gasteiger partial charge on any atom is -0.467 e. The summed E-state index contributed by atoms with van der Waals surface area (Å²) in [5, 5.41) is 2.66. The van der Waals surface area contributed by atoms with Crippen LogP contribution in [0, 0.1) is 5.82 Å². The van der Waals surface area contributed by atoms with Crippen molar-refractivity contribution in [1.82, 2.24) is 14.4 Å². The van der Waals surface area contributed by atoms with Crippen molar-refractivity contribution in [2.75, 3.05) is 11.9 Å². The molecular formula is C23H27FN4O3. The first kappa shape index (κ1) is 22.1. The van der Waals surface area contributed by atoms with Crippen LogP contribution in [0.4, 0.5) is 14.9 Å². The van der Waals surface area contributed by atoms with Gasteiger partial charge in [0.25, 0.3) is 0 Å². The average Bonchev–Trinajstić information content (AvgIpc) is 3.37. The molecule has 8 heteroatoms. The van der Waals surface area contributed by atoms with Gasteiger partial charge in [0.1, 0.15) is 18.1 Å². The van der Waals surface area contributed by atoms with Gasteiger partial charge in [-0.15, -0.1) is 0 Å². The Labute approximate surface area is 181 Å². The smallest absolute Gasteiger partial charge is 0.322 e. The molecule has 1 N–H and O–H groups in total. The van der Waals surface area contributed by atoms with Crippen LogP contribution in [-0.4, -0.2) is 38.9 Å². The monoisotopic (exact) mass is 426 g/mol. The van der Waals surface area contributed by atoms with E-state index in [4.69, 9.17) is 4.42 Å². The van der Waals surface area contributed by atoms with E-state index in [1.807, 2.05) is 49.9 Å². The number of aromatic nitrogens is 1. The zero-order valence-corrected chi connectivity index (χ0v) is 17.9. The molecule has 3 aromatic rings. The molecule has 0 aliphatic heterocycles.